The first-order valence-corrected chi connectivity index (χ1v) is 25.5. The third-order valence-corrected chi connectivity index (χ3v) is 11.1. The van der Waals surface area contributed by atoms with Crippen molar-refractivity contribution in [3.8, 4) is 0 Å². The fourth-order valence-electron chi connectivity index (χ4n) is 7.30. The van der Waals surface area contributed by atoms with Crippen LogP contribution in [0.1, 0.15) is 265 Å². The summed E-state index contributed by atoms with van der Waals surface area (Å²) >= 11 is 0. The summed E-state index contributed by atoms with van der Waals surface area (Å²) in [6.07, 6.45) is 55.8. The molecule has 0 radical (unpaired) electrons. The largest absolute Gasteiger partial charge is 0.462 e. The van der Waals surface area contributed by atoms with Gasteiger partial charge in [-0.25, -0.2) is 0 Å². The number of carbonyl (C=O) groups is 3. The molecule has 0 rings (SSSR count). The van der Waals surface area contributed by atoms with Gasteiger partial charge < -0.3 is 14.2 Å². The van der Waals surface area contributed by atoms with Gasteiger partial charge in [0.2, 0.25) is 0 Å². The molecule has 0 N–H and O–H groups in total. The molecule has 6 heteroatoms. The van der Waals surface area contributed by atoms with Crippen LogP contribution in [0.25, 0.3) is 0 Å². The molecule has 59 heavy (non-hydrogen) atoms. The van der Waals surface area contributed by atoms with Crippen LogP contribution in [0, 0.1) is 0 Å². The van der Waals surface area contributed by atoms with E-state index in [0.717, 1.165) is 83.5 Å². The van der Waals surface area contributed by atoms with Gasteiger partial charge >= 0.3 is 17.9 Å². The molecule has 0 amide bonds. The number of hydrogen-bond acceptors (Lipinski definition) is 6. The predicted molar refractivity (Wildman–Crippen MR) is 252 cm³/mol. The van der Waals surface area contributed by atoms with Crippen LogP contribution >= 0.6 is 0 Å². The first-order chi connectivity index (χ1) is 29.0. The highest BCUT2D eigenvalue weighted by Crippen LogP contribution is 2.16. The molecule has 0 spiro atoms. The molecule has 0 aliphatic heterocycles. The summed E-state index contributed by atoms with van der Waals surface area (Å²) in [5.41, 5.74) is 0. The summed E-state index contributed by atoms with van der Waals surface area (Å²) in [5.74, 6) is -0.932. The number of rotatable bonds is 46. The SMILES string of the molecule is CC/C=C\C/C=C\CCCCC(=O)OCC(COC(=O)CCCCCCCCCCCCCCCCCCCC)OC(=O)CCCCC/C=C\CCCCCCCCC. The maximum Gasteiger partial charge on any atom is 0.306 e. The Bertz CT molecular complexity index is 1000. The molecule has 0 heterocycles. The Morgan fingerprint density at radius 3 is 1.08 bits per heavy atom. The smallest absolute Gasteiger partial charge is 0.306 e. The lowest BCUT2D eigenvalue weighted by Gasteiger charge is -2.18. The Hall–Kier alpha value is -2.37. The van der Waals surface area contributed by atoms with Crippen LogP contribution in [0.5, 0.6) is 0 Å². The van der Waals surface area contributed by atoms with E-state index in [2.05, 4.69) is 57.2 Å². The fraction of sp³-hybridized carbons (Fsp3) is 0.830. The van der Waals surface area contributed by atoms with Gasteiger partial charge in [0.1, 0.15) is 13.2 Å². The molecule has 6 nitrogen and oxygen atoms in total. The van der Waals surface area contributed by atoms with Crippen molar-refractivity contribution in [3.05, 3.63) is 36.5 Å². The molecular formula is C53H96O6. The molecule has 0 saturated carbocycles. The van der Waals surface area contributed by atoms with Crippen LogP contribution in [-0.2, 0) is 28.6 Å². The molecule has 344 valence electrons. The first-order valence-electron chi connectivity index (χ1n) is 25.5. The number of ether oxygens (including phenoxy) is 3. The molecule has 1 unspecified atom stereocenters. The highest BCUT2D eigenvalue weighted by atomic mass is 16.6. The molecule has 0 aromatic heterocycles. The van der Waals surface area contributed by atoms with Crippen molar-refractivity contribution in [1.82, 2.24) is 0 Å². The lowest BCUT2D eigenvalue weighted by molar-refractivity contribution is -0.167. The van der Waals surface area contributed by atoms with Crippen LogP contribution in [0.2, 0.25) is 0 Å². The molecule has 0 aliphatic carbocycles. The van der Waals surface area contributed by atoms with Crippen molar-refractivity contribution in [2.45, 2.75) is 271 Å². The Labute approximate surface area is 365 Å². The molecule has 0 aromatic rings. The minimum Gasteiger partial charge on any atom is -0.462 e. The van der Waals surface area contributed by atoms with E-state index in [4.69, 9.17) is 14.2 Å². The van der Waals surface area contributed by atoms with E-state index in [1.54, 1.807) is 0 Å². The standard InChI is InChI=1S/C53H96O6/c1-4-7-10-13-16-19-21-23-25-26-27-28-30-31-34-37-40-43-46-52(55)58-49-50(48-57-51(54)45-42-39-36-33-18-15-12-9-6-3)59-53(56)47-44-41-38-35-32-29-24-22-20-17-14-11-8-5-2/h9,12,18,29,32-33,50H,4-8,10-11,13-17,19-28,30-31,34-49H2,1-3H3/b12-9-,32-29-,33-18-. The van der Waals surface area contributed by atoms with E-state index in [1.165, 1.54) is 141 Å². The monoisotopic (exact) mass is 829 g/mol. The van der Waals surface area contributed by atoms with E-state index in [-0.39, 0.29) is 31.1 Å². The summed E-state index contributed by atoms with van der Waals surface area (Å²) in [5, 5.41) is 0. The normalized spacial score (nSPS) is 12.3. The number of esters is 3. The topological polar surface area (TPSA) is 78.9 Å². The highest BCUT2D eigenvalue weighted by molar-refractivity contribution is 5.71. The van der Waals surface area contributed by atoms with Gasteiger partial charge in [-0.1, -0.05) is 211 Å². The minimum absolute atomic E-state index is 0.0856. The van der Waals surface area contributed by atoms with E-state index in [0.29, 0.717) is 19.3 Å². The number of allylic oxidation sites excluding steroid dienone is 6. The Morgan fingerprint density at radius 1 is 0.356 bits per heavy atom. The third-order valence-electron chi connectivity index (χ3n) is 11.1. The van der Waals surface area contributed by atoms with Gasteiger partial charge in [-0.3, -0.25) is 14.4 Å². The lowest BCUT2D eigenvalue weighted by Crippen LogP contribution is -2.30. The zero-order valence-corrected chi connectivity index (χ0v) is 39.3. The van der Waals surface area contributed by atoms with Crippen molar-refractivity contribution in [2.24, 2.45) is 0 Å². The maximum absolute atomic E-state index is 12.7. The zero-order valence-electron chi connectivity index (χ0n) is 39.3. The van der Waals surface area contributed by atoms with Crippen molar-refractivity contribution in [2.75, 3.05) is 13.2 Å². The molecule has 0 bridgehead atoms. The van der Waals surface area contributed by atoms with Gasteiger partial charge in [0.15, 0.2) is 6.10 Å². The first kappa shape index (κ1) is 56.6. The van der Waals surface area contributed by atoms with Crippen LogP contribution in [0.15, 0.2) is 36.5 Å². The average molecular weight is 829 g/mol. The van der Waals surface area contributed by atoms with Crippen molar-refractivity contribution in [3.63, 3.8) is 0 Å². The Kier molecular flexibility index (Phi) is 46.4. The van der Waals surface area contributed by atoms with Crippen molar-refractivity contribution in [1.29, 1.82) is 0 Å². The summed E-state index contributed by atoms with van der Waals surface area (Å²) in [7, 11) is 0. The quantitative estimate of drug-likeness (QED) is 0.0263. The number of unbranched alkanes of at least 4 members (excludes halogenated alkanes) is 29. The van der Waals surface area contributed by atoms with Crippen molar-refractivity contribution < 1.29 is 28.6 Å². The molecule has 0 fully saturated rings. The van der Waals surface area contributed by atoms with Gasteiger partial charge in [-0.15, -0.1) is 0 Å². The van der Waals surface area contributed by atoms with Gasteiger partial charge in [-0.05, 0) is 70.6 Å². The van der Waals surface area contributed by atoms with Crippen LogP contribution in [0.4, 0.5) is 0 Å². The van der Waals surface area contributed by atoms with E-state index < -0.39 is 6.10 Å². The van der Waals surface area contributed by atoms with Crippen LogP contribution in [0.3, 0.4) is 0 Å². The van der Waals surface area contributed by atoms with Crippen LogP contribution < -0.4 is 0 Å². The van der Waals surface area contributed by atoms with Crippen molar-refractivity contribution >= 4 is 17.9 Å². The van der Waals surface area contributed by atoms with Gasteiger partial charge in [0.05, 0.1) is 0 Å². The van der Waals surface area contributed by atoms with Gasteiger partial charge in [0, 0.05) is 19.3 Å². The second-order valence-electron chi connectivity index (χ2n) is 17.1. The highest BCUT2D eigenvalue weighted by Gasteiger charge is 2.19. The summed E-state index contributed by atoms with van der Waals surface area (Å²) in [6.45, 7) is 6.49. The fourth-order valence-corrected chi connectivity index (χ4v) is 7.30. The second kappa shape index (κ2) is 48.3. The molecule has 0 aliphatic rings. The van der Waals surface area contributed by atoms with Crippen LogP contribution in [-0.4, -0.2) is 37.2 Å². The maximum atomic E-state index is 12.7. The minimum atomic E-state index is -0.788. The number of hydrogen-bond donors (Lipinski definition) is 0. The van der Waals surface area contributed by atoms with E-state index in [9.17, 15) is 14.4 Å². The summed E-state index contributed by atoms with van der Waals surface area (Å²) in [6, 6.07) is 0. The number of carbonyl (C=O) groups excluding carboxylic acids is 3. The summed E-state index contributed by atoms with van der Waals surface area (Å²) in [4.78, 5) is 37.8. The molecule has 0 aromatic carbocycles. The zero-order chi connectivity index (χ0) is 43.0. The average Bonchev–Trinajstić information content (AvgIpc) is 3.23. The molecular weight excluding hydrogens is 733 g/mol. The second-order valence-corrected chi connectivity index (χ2v) is 17.1. The van der Waals surface area contributed by atoms with E-state index in [1.807, 2.05) is 0 Å². The van der Waals surface area contributed by atoms with Gasteiger partial charge in [0.25, 0.3) is 0 Å². The third kappa shape index (κ3) is 46.5. The predicted octanol–water partition coefficient (Wildman–Crippen LogP) is 16.5. The summed E-state index contributed by atoms with van der Waals surface area (Å²) < 4.78 is 16.7. The molecule has 0 saturated heterocycles. The Morgan fingerprint density at radius 2 is 0.661 bits per heavy atom. The Balaban J connectivity index is 4.30. The van der Waals surface area contributed by atoms with E-state index >= 15 is 0 Å². The molecule has 1 atom stereocenters. The lowest BCUT2D eigenvalue weighted by atomic mass is 10.0. The van der Waals surface area contributed by atoms with Gasteiger partial charge in [-0.2, -0.15) is 0 Å².